The molecule has 0 radical (unpaired) electrons. The number of Topliss-reactive ketones (excluding diaryl/α,β-unsaturated/α-hetero) is 1. The molecule has 1 N–H and O–H groups in total. The Bertz CT molecular complexity index is 1710. The van der Waals surface area contributed by atoms with Crippen LogP contribution in [0.3, 0.4) is 0 Å². The third-order valence-electron chi connectivity index (χ3n) is 9.03. The lowest BCUT2D eigenvalue weighted by molar-refractivity contribution is -0.118. The fraction of sp³-hybridized carbons (Fsp3) is 0.357. The molecule has 4 aromatic carbocycles. The molecule has 49 heavy (non-hydrogen) atoms. The summed E-state index contributed by atoms with van der Waals surface area (Å²) in [5.41, 5.74) is 3.95. The van der Waals surface area contributed by atoms with Crippen LogP contribution in [0.1, 0.15) is 67.1 Å². The summed E-state index contributed by atoms with van der Waals surface area (Å²) in [4.78, 5) is 15.1. The van der Waals surface area contributed by atoms with E-state index < -0.39 is 6.10 Å². The molecule has 5 aromatic rings. The van der Waals surface area contributed by atoms with Crippen molar-refractivity contribution >= 4 is 16.8 Å². The minimum Gasteiger partial charge on any atom is -0.491 e. The van der Waals surface area contributed by atoms with Crippen LogP contribution in [0.2, 0.25) is 0 Å². The number of hydrogen-bond acceptors (Lipinski definition) is 7. The predicted molar refractivity (Wildman–Crippen MR) is 192 cm³/mol. The summed E-state index contributed by atoms with van der Waals surface area (Å²) in [7, 11) is 0. The molecular weight excluding hydrogens is 614 g/mol. The van der Waals surface area contributed by atoms with Crippen molar-refractivity contribution in [1.29, 1.82) is 0 Å². The molecule has 0 aliphatic heterocycles. The average Bonchev–Trinajstić information content (AvgIpc) is 3.81. The fourth-order valence-corrected chi connectivity index (χ4v) is 6.40. The van der Waals surface area contributed by atoms with Crippen molar-refractivity contribution in [2.45, 2.75) is 70.3 Å². The lowest BCUT2D eigenvalue weighted by Gasteiger charge is -2.24. The molecule has 0 spiro atoms. The van der Waals surface area contributed by atoms with E-state index in [1.165, 1.54) is 12.8 Å². The van der Waals surface area contributed by atoms with Gasteiger partial charge in [0.25, 0.3) is 0 Å². The van der Waals surface area contributed by atoms with Crippen LogP contribution >= 0.6 is 0 Å². The summed E-state index contributed by atoms with van der Waals surface area (Å²) in [6, 6.07) is 35.7. The van der Waals surface area contributed by atoms with E-state index in [-0.39, 0.29) is 5.78 Å². The monoisotopic (exact) mass is 661 g/mol. The maximum Gasteiger partial charge on any atom is 0.137 e. The van der Waals surface area contributed by atoms with Crippen molar-refractivity contribution in [2.75, 3.05) is 26.3 Å². The number of hydrogen-bond donors (Lipinski definition) is 1. The second-order valence-corrected chi connectivity index (χ2v) is 12.9. The Morgan fingerprint density at radius 3 is 2.27 bits per heavy atom. The Balaban J connectivity index is 0.987. The SMILES string of the molecule is O=C(CCCN(Cc1ccccc1)CC(O)c1cc2cc(OCCOC3CCCC3)ccc2o1)Cc1ccc(OCc2ccccc2)cc1. The molecule has 1 heterocycles. The molecule has 1 saturated carbocycles. The number of fused-ring (bicyclic) bond motifs is 1. The first-order valence-corrected chi connectivity index (χ1v) is 17.6. The van der Waals surface area contributed by atoms with Gasteiger partial charge in [-0.2, -0.15) is 0 Å². The highest BCUT2D eigenvalue weighted by Crippen LogP contribution is 2.29. The lowest BCUT2D eigenvalue weighted by Crippen LogP contribution is -2.29. The number of ether oxygens (including phenoxy) is 3. The van der Waals surface area contributed by atoms with Crippen LogP contribution in [-0.2, 0) is 29.1 Å². The number of carbonyl (C=O) groups excluding carboxylic acids is 1. The highest BCUT2D eigenvalue weighted by Gasteiger charge is 2.19. The first-order chi connectivity index (χ1) is 24.1. The van der Waals surface area contributed by atoms with Gasteiger partial charge in [-0.3, -0.25) is 9.69 Å². The second-order valence-electron chi connectivity index (χ2n) is 12.9. The number of rotatable bonds is 19. The topological polar surface area (TPSA) is 81.4 Å². The van der Waals surface area contributed by atoms with E-state index >= 15 is 0 Å². The number of aliphatic hydroxyl groups is 1. The average molecular weight is 662 g/mol. The molecule has 0 bridgehead atoms. The second kappa shape index (κ2) is 17.8. The van der Waals surface area contributed by atoms with Gasteiger partial charge in [0.2, 0.25) is 0 Å². The molecule has 0 amide bonds. The normalized spacial score (nSPS) is 14.0. The largest absolute Gasteiger partial charge is 0.491 e. The van der Waals surface area contributed by atoms with E-state index in [0.717, 1.165) is 46.4 Å². The van der Waals surface area contributed by atoms with Crippen LogP contribution in [0, 0.1) is 0 Å². The van der Waals surface area contributed by atoms with Crippen LogP contribution in [0.25, 0.3) is 11.0 Å². The standard InChI is InChI=1S/C42H47NO6/c44-36(26-32-17-19-38(20-18-32)48-31-34-12-5-2-6-13-34)14-9-23-43(29-33-10-3-1-4-11-33)30-40(45)42-28-35-27-39(21-22-41(35)49-42)47-25-24-46-37-15-7-8-16-37/h1-6,10-13,17-22,27-28,37,40,45H,7-9,14-16,23-26,29-31H2. The Morgan fingerprint density at radius 1 is 0.796 bits per heavy atom. The minimum absolute atomic E-state index is 0.193. The zero-order chi connectivity index (χ0) is 33.7. The van der Waals surface area contributed by atoms with Crippen molar-refractivity contribution < 1.29 is 28.5 Å². The van der Waals surface area contributed by atoms with Gasteiger partial charge in [0.05, 0.1) is 12.7 Å². The zero-order valence-electron chi connectivity index (χ0n) is 28.2. The van der Waals surface area contributed by atoms with E-state index in [1.54, 1.807) is 0 Å². The first-order valence-electron chi connectivity index (χ1n) is 17.6. The molecule has 7 heteroatoms. The van der Waals surface area contributed by atoms with Crippen LogP contribution in [0.5, 0.6) is 11.5 Å². The van der Waals surface area contributed by atoms with E-state index in [1.807, 2.05) is 97.1 Å². The molecule has 6 rings (SSSR count). The molecule has 1 aliphatic rings. The first kappa shape index (κ1) is 34.4. The molecule has 1 atom stereocenters. The molecule has 1 unspecified atom stereocenters. The van der Waals surface area contributed by atoms with Crippen molar-refractivity contribution in [2.24, 2.45) is 0 Å². The molecule has 256 valence electrons. The van der Waals surface area contributed by atoms with Gasteiger partial charge in [0.1, 0.15) is 47.9 Å². The lowest BCUT2D eigenvalue weighted by atomic mass is 10.1. The van der Waals surface area contributed by atoms with Crippen LogP contribution in [0.4, 0.5) is 0 Å². The quantitative estimate of drug-likeness (QED) is 0.0890. The molecule has 1 fully saturated rings. The van der Waals surface area contributed by atoms with Gasteiger partial charge in [-0.1, -0.05) is 85.6 Å². The molecular formula is C42H47NO6. The van der Waals surface area contributed by atoms with Crippen LogP contribution in [-0.4, -0.2) is 48.2 Å². The smallest absolute Gasteiger partial charge is 0.137 e. The van der Waals surface area contributed by atoms with Gasteiger partial charge in [0, 0.05) is 31.3 Å². The fourth-order valence-electron chi connectivity index (χ4n) is 6.40. The van der Waals surface area contributed by atoms with Gasteiger partial charge in [0.15, 0.2) is 0 Å². The minimum atomic E-state index is -0.821. The maximum absolute atomic E-state index is 12.9. The highest BCUT2D eigenvalue weighted by molar-refractivity contribution is 5.81. The van der Waals surface area contributed by atoms with Crippen molar-refractivity contribution in [3.05, 3.63) is 132 Å². The van der Waals surface area contributed by atoms with E-state index in [2.05, 4.69) is 17.0 Å². The van der Waals surface area contributed by atoms with Crippen LogP contribution < -0.4 is 9.47 Å². The number of nitrogens with zero attached hydrogens (tertiary/aromatic N) is 1. The van der Waals surface area contributed by atoms with Gasteiger partial charge < -0.3 is 23.7 Å². The third kappa shape index (κ3) is 10.8. The number of ketones is 1. The van der Waals surface area contributed by atoms with Crippen molar-refractivity contribution in [1.82, 2.24) is 4.90 Å². The molecule has 1 aromatic heterocycles. The summed E-state index contributed by atoms with van der Waals surface area (Å²) in [5, 5.41) is 12.2. The third-order valence-corrected chi connectivity index (χ3v) is 9.03. The summed E-state index contributed by atoms with van der Waals surface area (Å²) < 4.78 is 23.8. The van der Waals surface area contributed by atoms with Crippen molar-refractivity contribution in [3.63, 3.8) is 0 Å². The van der Waals surface area contributed by atoms with Crippen molar-refractivity contribution in [3.8, 4) is 11.5 Å². The predicted octanol–water partition coefficient (Wildman–Crippen LogP) is 8.48. The van der Waals surface area contributed by atoms with Gasteiger partial charge in [-0.05, 0) is 78.9 Å². The summed E-state index contributed by atoms with van der Waals surface area (Å²) in [6.07, 6.45) is 5.91. The van der Waals surface area contributed by atoms with E-state index in [9.17, 15) is 9.90 Å². The summed E-state index contributed by atoms with van der Waals surface area (Å²) in [5.74, 6) is 2.25. The molecule has 7 nitrogen and oxygen atoms in total. The summed E-state index contributed by atoms with van der Waals surface area (Å²) in [6.45, 7) is 3.32. The van der Waals surface area contributed by atoms with Crippen LogP contribution in [0.15, 0.2) is 114 Å². The van der Waals surface area contributed by atoms with Gasteiger partial charge in [-0.25, -0.2) is 0 Å². The number of benzene rings is 4. The van der Waals surface area contributed by atoms with E-state index in [4.69, 9.17) is 18.6 Å². The van der Waals surface area contributed by atoms with E-state index in [0.29, 0.717) is 76.2 Å². The number of aliphatic hydroxyl groups excluding tert-OH is 1. The Labute approximate surface area is 289 Å². The maximum atomic E-state index is 12.9. The van der Waals surface area contributed by atoms with Gasteiger partial charge >= 0.3 is 0 Å². The zero-order valence-corrected chi connectivity index (χ0v) is 28.2. The Kier molecular flexibility index (Phi) is 12.5. The van der Waals surface area contributed by atoms with Gasteiger partial charge in [-0.15, -0.1) is 0 Å². The number of furan rings is 1. The Morgan fingerprint density at radius 2 is 1.51 bits per heavy atom. The Hall–Kier alpha value is -4.43. The number of carbonyl (C=O) groups is 1. The highest BCUT2D eigenvalue weighted by atomic mass is 16.5. The molecule has 0 saturated heterocycles. The molecule has 1 aliphatic carbocycles. The summed E-state index contributed by atoms with van der Waals surface area (Å²) >= 11 is 0.